The molecule has 7 heteroatoms. The molecule has 0 fully saturated rings. The van der Waals surface area contributed by atoms with Crippen LogP contribution in [0.15, 0.2) is 6.08 Å². The Labute approximate surface area is 122 Å². The molecule has 0 atom stereocenters. The van der Waals surface area contributed by atoms with Crippen molar-refractivity contribution in [2.75, 3.05) is 6.54 Å². The Morgan fingerprint density at radius 2 is 2.10 bits per heavy atom. The number of amides is 1. The molecule has 1 aromatic heterocycles. The van der Waals surface area contributed by atoms with Crippen LogP contribution >= 0.6 is 11.6 Å². The largest absolute Gasteiger partial charge is 0.480 e. The zero-order valence-electron chi connectivity index (χ0n) is 11.9. The van der Waals surface area contributed by atoms with Crippen molar-refractivity contribution in [2.45, 2.75) is 26.8 Å². The van der Waals surface area contributed by atoms with E-state index in [4.69, 9.17) is 16.7 Å². The Bertz CT molecular complexity index is 549. The topological polar surface area (TPSA) is 75.4 Å². The molecular weight excluding hydrogens is 282 g/mol. The van der Waals surface area contributed by atoms with Crippen LogP contribution < -0.4 is 0 Å². The maximum Gasteiger partial charge on any atom is 0.323 e. The minimum absolute atomic E-state index is 0.200. The zero-order valence-corrected chi connectivity index (χ0v) is 12.7. The van der Waals surface area contributed by atoms with Crippen molar-refractivity contribution in [3.05, 3.63) is 22.5 Å². The first kappa shape index (κ1) is 16.2. The fourth-order valence-corrected chi connectivity index (χ4v) is 1.98. The molecule has 20 heavy (non-hydrogen) atoms. The summed E-state index contributed by atoms with van der Waals surface area (Å²) in [5.41, 5.74) is 1.36. The number of carbonyl (C=O) groups is 2. The van der Waals surface area contributed by atoms with Gasteiger partial charge >= 0.3 is 5.97 Å². The molecule has 0 aliphatic heterocycles. The van der Waals surface area contributed by atoms with Crippen molar-refractivity contribution in [1.82, 2.24) is 14.7 Å². The maximum atomic E-state index is 12.0. The van der Waals surface area contributed by atoms with Gasteiger partial charge < -0.3 is 10.0 Å². The summed E-state index contributed by atoms with van der Waals surface area (Å²) >= 11 is 6.05. The molecule has 1 heterocycles. The third-order valence-electron chi connectivity index (χ3n) is 2.80. The number of carbonyl (C=O) groups excluding carboxylic acids is 1. The first-order chi connectivity index (χ1) is 9.23. The molecule has 0 bridgehead atoms. The molecule has 1 N–H and O–H groups in total. The second kappa shape index (κ2) is 6.56. The summed E-state index contributed by atoms with van der Waals surface area (Å²) in [4.78, 5) is 24.0. The Morgan fingerprint density at radius 1 is 1.50 bits per heavy atom. The molecule has 0 saturated heterocycles. The number of rotatable bonds is 5. The van der Waals surface area contributed by atoms with Crippen LogP contribution in [0.3, 0.4) is 0 Å². The molecule has 1 rings (SSSR count). The predicted octanol–water partition coefficient (Wildman–Crippen LogP) is 1.72. The van der Waals surface area contributed by atoms with Gasteiger partial charge in [0.15, 0.2) is 0 Å². The molecule has 110 valence electrons. The number of halogens is 1. The van der Waals surface area contributed by atoms with Crippen LogP contribution in [0, 0.1) is 6.92 Å². The van der Waals surface area contributed by atoms with E-state index in [0.717, 1.165) is 0 Å². The van der Waals surface area contributed by atoms with Crippen LogP contribution in [0.25, 0.3) is 6.08 Å². The number of nitrogens with zero attached hydrogens (tertiary/aromatic N) is 3. The number of aromatic nitrogens is 2. The zero-order chi connectivity index (χ0) is 15.4. The molecular formula is C13H18ClN3O3. The minimum atomic E-state index is -1.05. The van der Waals surface area contributed by atoms with Gasteiger partial charge in [0.2, 0.25) is 5.91 Å². The van der Waals surface area contributed by atoms with Crippen LogP contribution in [-0.2, 0) is 16.6 Å². The van der Waals surface area contributed by atoms with Gasteiger partial charge in [-0.15, -0.1) is 0 Å². The van der Waals surface area contributed by atoms with Crippen LogP contribution in [-0.4, -0.2) is 44.3 Å². The Kier molecular flexibility index (Phi) is 5.33. The predicted molar refractivity (Wildman–Crippen MR) is 76.5 cm³/mol. The Morgan fingerprint density at radius 3 is 2.50 bits per heavy atom. The molecule has 0 aromatic carbocycles. The highest BCUT2D eigenvalue weighted by Crippen LogP contribution is 2.20. The van der Waals surface area contributed by atoms with Gasteiger partial charge in [0.1, 0.15) is 11.7 Å². The lowest BCUT2D eigenvalue weighted by Gasteiger charge is -2.23. The van der Waals surface area contributed by atoms with E-state index in [1.807, 2.05) is 0 Å². The molecule has 0 radical (unpaired) electrons. The lowest BCUT2D eigenvalue weighted by atomic mass is 10.2. The molecule has 0 saturated carbocycles. The standard InChI is InChI=1S/C13H18ClN3O3/c1-8(2)17(7-12(19)20)11(18)6-5-10-9(3)15-16(4)13(10)14/h5-6,8H,7H2,1-4H3,(H,19,20)/b6-5+. The van der Waals surface area contributed by atoms with Crippen molar-refractivity contribution < 1.29 is 14.7 Å². The average Bonchev–Trinajstić information content (AvgIpc) is 2.57. The molecule has 0 spiro atoms. The summed E-state index contributed by atoms with van der Waals surface area (Å²) in [5, 5.41) is 13.4. The molecule has 0 aliphatic carbocycles. The second-order valence-corrected chi connectivity index (χ2v) is 5.06. The third kappa shape index (κ3) is 3.84. The number of aryl methyl sites for hydroxylation is 2. The highest BCUT2D eigenvalue weighted by Gasteiger charge is 2.18. The lowest BCUT2D eigenvalue weighted by Crippen LogP contribution is -2.39. The van der Waals surface area contributed by atoms with Gasteiger partial charge in [-0.2, -0.15) is 5.10 Å². The molecule has 0 aliphatic rings. The average molecular weight is 300 g/mol. The van der Waals surface area contributed by atoms with Crippen molar-refractivity contribution in [3.8, 4) is 0 Å². The second-order valence-electron chi connectivity index (χ2n) is 4.70. The SMILES string of the molecule is Cc1nn(C)c(Cl)c1/C=C/C(=O)N(CC(=O)O)C(C)C. The highest BCUT2D eigenvalue weighted by molar-refractivity contribution is 6.31. The van der Waals surface area contributed by atoms with E-state index in [1.54, 1.807) is 33.9 Å². The summed E-state index contributed by atoms with van der Waals surface area (Å²) in [6.07, 6.45) is 2.88. The number of carboxylic acid groups (broad SMARTS) is 1. The maximum absolute atomic E-state index is 12.0. The van der Waals surface area contributed by atoms with Crippen LogP contribution in [0.1, 0.15) is 25.1 Å². The fraction of sp³-hybridized carbons (Fsp3) is 0.462. The number of carboxylic acids is 1. The fourth-order valence-electron chi connectivity index (χ4n) is 1.75. The summed E-state index contributed by atoms with van der Waals surface area (Å²) < 4.78 is 1.51. The van der Waals surface area contributed by atoms with Crippen LogP contribution in [0.2, 0.25) is 5.15 Å². The quantitative estimate of drug-likeness (QED) is 0.840. The first-order valence-corrected chi connectivity index (χ1v) is 6.51. The first-order valence-electron chi connectivity index (χ1n) is 6.13. The summed E-state index contributed by atoms with van der Waals surface area (Å²) in [6.45, 7) is 4.97. The van der Waals surface area contributed by atoms with Crippen molar-refractivity contribution in [3.63, 3.8) is 0 Å². The Balaban J connectivity index is 2.92. The van der Waals surface area contributed by atoms with Gasteiger partial charge in [0.25, 0.3) is 0 Å². The van der Waals surface area contributed by atoms with Gasteiger partial charge in [0, 0.05) is 24.7 Å². The van der Waals surface area contributed by atoms with Gasteiger partial charge in [-0.1, -0.05) is 11.6 Å². The lowest BCUT2D eigenvalue weighted by molar-refractivity contribution is -0.143. The van der Waals surface area contributed by atoms with Crippen molar-refractivity contribution in [2.24, 2.45) is 7.05 Å². The van der Waals surface area contributed by atoms with Gasteiger partial charge in [-0.05, 0) is 26.8 Å². The van der Waals surface area contributed by atoms with E-state index >= 15 is 0 Å². The molecule has 1 aromatic rings. The van der Waals surface area contributed by atoms with E-state index in [2.05, 4.69) is 5.10 Å². The molecule has 0 unspecified atom stereocenters. The number of hydrogen-bond donors (Lipinski definition) is 1. The van der Waals surface area contributed by atoms with E-state index in [0.29, 0.717) is 16.4 Å². The third-order valence-corrected chi connectivity index (χ3v) is 3.25. The smallest absolute Gasteiger partial charge is 0.323 e. The number of aliphatic carboxylic acids is 1. The van der Waals surface area contributed by atoms with E-state index < -0.39 is 5.97 Å². The molecule has 1 amide bonds. The highest BCUT2D eigenvalue weighted by atomic mass is 35.5. The molecule has 6 nitrogen and oxygen atoms in total. The van der Waals surface area contributed by atoms with E-state index in [-0.39, 0.29) is 18.5 Å². The monoisotopic (exact) mass is 299 g/mol. The van der Waals surface area contributed by atoms with Crippen LogP contribution in [0.4, 0.5) is 0 Å². The van der Waals surface area contributed by atoms with Gasteiger partial charge in [-0.3, -0.25) is 14.3 Å². The van der Waals surface area contributed by atoms with Crippen LogP contribution in [0.5, 0.6) is 0 Å². The van der Waals surface area contributed by atoms with E-state index in [1.165, 1.54) is 15.7 Å². The normalized spacial score (nSPS) is 11.3. The summed E-state index contributed by atoms with van der Waals surface area (Å²) in [7, 11) is 1.71. The van der Waals surface area contributed by atoms with Gasteiger partial charge in [0.05, 0.1) is 5.69 Å². The van der Waals surface area contributed by atoms with E-state index in [9.17, 15) is 9.59 Å². The summed E-state index contributed by atoms with van der Waals surface area (Å²) in [6, 6.07) is -0.200. The minimum Gasteiger partial charge on any atom is -0.480 e. The van der Waals surface area contributed by atoms with Gasteiger partial charge in [-0.25, -0.2) is 0 Å². The van der Waals surface area contributed by atoms with Crippen molar-refractivity contribution in [1.29, 1.82) is 0 Å². The Hall–Kier alpha value is -1.82. The number of hydrogen-bond acceptors (Lipinski definition) is 3. The van der Waals surface area contributed by atoms with Crippen molar-refractivity contribution >= 4 is 29.6 Å². The summed E-state index contributed by atoms with van der Waals surface area (Å²) in [5.74, 6) is -1.42.